The van der Waals surface area contributed by atoms with Gasteiger partial charge in [0.25, 0.3) is 0 Å². The number of piperidine rings is 1. The van der Waals surface area contributed by atoms with Crippen molar-refractivity contribution >= 4 is 0 Å². The molecule has 1 aromatic carbocycles. The molecule has 0 radical (unpaired) electrons. The minimum Gasteiger partial charge on any atom is -0.324 e. The molecule has 2 aliphatic rings. The van der Waals surface area contributed by atoms with Gasteiger partial charge in [0.2, 0.25) is 0 Å². The molecule has 19 heavy (non-hydrogen) atoms. The van der Waals surface area contributed by atoms with Crippen LogP contribution in [0.15, 0.2) is 18.2 Å². The normalized spacial score (nSPS) is 32.5. The molecular formula is C17H26N2. The lowest BCUT2D eigenvalue weighted by Crippen LogP contribution is -2.42. The van der Waals surface area contributed by atoms with E-state index < -0.39 is 0 Å². The van der Waals surface area contributed by atoms with E-state index in [0.717, 1.165) is 12.1 Å². The van der Waals surface area contributed by atoms with E-state index in [2.05, 4.69) is 44.0 Å². The van der Waals surface area contributed by atoms with Crippen LogP contribution in [0.25, 0.3) is 0 Å². The summed E-state index contributed by atoms with van der Waals surface area (Å²) in [6, 6.07) is 8.47. The molecule has 0 aliphatic carbocycles. The first kappa shape index (κ1) is 13.1. The van der Waals surface area contributed by atoms with Crippen molar-refractivity contribution in [1.29, 1.82) is 0 Å². The Kier molecular flexibility index (Phi) is 3.40. The quantitative estimate of drug-likeness (QED) is 0.883. The maximum Gasteiger partial charge on any atom is 0.0327 e. The summed E-state index contributed by atoms with van der Waals surface area (Å²) in [6.45, 7) is 4.35. The van der Waals surface area contributed by atoms with Crippen LogP contribution in [0, 0.1) is 19.8 Å². The summed E-state index contributed by atoms with van der Waals surface area (Å²) >= 11 is 0. The molecule has 104 valence electrons. The minimum absolute atomic E-state index is 0.219. The average molecular weight is 258 g/mol. The largest absolute Gasteiger partial charge is 0.324 e. The molecular weight excluding hydrogens is 232 g/mol. The lowest BCUT2D eigenvalue weighted by atomic mass is 9.81. The van der Waals surface area contributed by atoms with Crippen LogP contribution in [-0.4, -0.2) is 24.0 Å². The zero-order chi connectivity index (χ0) is 13.6. The first-order valence-corrected chi connectivity index (χ1v) is 7.61. The number of fused-ring (bicyclic) bond motifs is 2. The number of hydrogen-bond acceptors (Lipinski definition) is 2. The van der Waals surface area contributed by atoms with Crippen LogP contribution in [0.4, 0.5) is 0 Å². The van der Waals surface area contributed by atoms with Gasteiger partial charge < -0.3 is 10.6 Å². The third kappa shape index (κ3) is 2.32. The van der Waals surface area contributed by atoms with E-state index in [1.807, 2.05) is 0 Å². The summed E-state index contributed by atoms with van der Waals surface area (Å²) in [5.41, 5.74) is 10.7. The number of nitrogens with two attached hydrogens (primary N) is 1. The Morgan fingerprint density at radius 3 is 2.42 bits per heavy atom. The van der Waals surface area contributed by atoms with Gasteiger partial charge in [-0.3, -0.25) is 0 Å². The smallest absolute Gasteiger partial charge is 0.0327 e. The standard InChI is InChI=1S/C17H26N2/c1-11-4-5-12(2)16(8-11)17(18)13-9-14-6-7-15(10-13)19(14)3/h4-5,8,13-15,17H,6-7,9-10,18H2,1-3H3. The van der Waals surface area contributed by atoms with Crippen LogP contribution < -0.4 is 5.73 Å². The number of rotatable bonds is 2. The molecule has 2 aliphatic heterocycles. The SMILES string of the molecule is Cc1ccc(C)c(C(N)C2CC3CCC(C2)N3C)c1. The van der Waals surface area contributed by atoms with Crippen LogP contribution in [0.5, 0.6) is 0 Å². The summed E-state index contributed by atoms with van der Waals surface area (Å²) in [5, 5.41) is 0. The van der Waals surface area contributed by atoms with E-state index in [1.165, 1.54) is 42.4 Å². The molecule has 2 nitrogen and oxygen atoms in total. The van der Waals surface area contributed by atoms with Crippen LogP contribution in [0.2, 0.25) is 0 Å². The highest BCUT2D eigenvalue weighted by Crippen LogP contribution is 2.42. The van der Waals surface area contributed by atoms with Gasteiger partial charge in [0.15, 0.2) is 0 Å². The lowest BCUT2D eigenvalue weighted by molar-refractivity contribution is 0.120. The highest BCUT2D eigenvalue weighted by molar-refractivity contribution is 5.33. The molecule has 2 bridgehead atoms. The van der Waals surface area contributed by atoms with E-state index in [4.69, 9.17) is 5.73 Å². The zero-order valence-electron chi connectivity index (χ0n) is 12.4. The molecule has 0 aromatic heterocycles. The van der Waals surface area contributed by atoms with Crippen LogP contribution in [0.1, 0.15) is 48.4 Å². The summed E-state index contributed by atoms with van der Waals surface area (Å²) in [7, 11) is 2.29. The van der Waals surface area contributed by atoms with Gasteiger partial charge in [-0.2, -0.15) is 0 Å². The first-order chi connectivity index (χ1) is 9.06. The highest BCUT2D eigenvalue weighted by Gasteiger charge is 2.40. The van der Waals surface area contributed by atoms with Crippen LogP contribution in [0.3, 0.4) is 0 Å². The Hall–Kier alpha value is -0.860. The number of hydrogen-bond donors (Lipinski definition) is 1. The molecule has 3 rings (SSSR count). The fourth-order valence-electron chi connectivity index (χ4n) is 4.12. The van der Waals surface area contributed by atoms with Gasteiger partial charge in [0.1, 0.15) is 0 Å². The van der Waals surface area contributed by atoms with Gasteiger partial charge in [0, 0.05) is 18.1 Å². The maximum atomic E-state index is 6.62. The first-order valence-electron chi connectivity index (χ1n) is 7.61. The molecule has 0 amide bonds. The summed E-state index contributed by atoms with van der Waals surface area (Å²) in [6.07, 6.45) is 5.30. The third-order valence-corrected chi connectivity index (χ3v) is 5.44. The van der Waals surface area contributed by atoms with Gasteiger partial charge in [-0.25, -0.2) is 0 Å². The maximum absolute atomic E-state index is 6.62. The molecule has 2 heteroatoms. The zero-order valence-corrected chi connectivity index (χ0v) is 12.4. The fourth-order valence-corrected chi connectivity index (χ4v) is 4.12. The van der Waals surface area contributed by atoms with Gasteiger partial charge in [-0.1, -0.05) is 23.8 Å². The van der Waals surface area contributed by atoms with Gasteiger partial charge in [-0.05, 0) is 63.6 Å². The predicted molar refractivity (Wildman–Crippen MR) is 80.1 cm³/mol. The second-order valence-corrected chi connectivity index (χ2v) is 6.67. The summed E-state index contributed by atoms with van der Waals surface area (Å²) < 4.78 is 0. The molecule has 2 N–H and O–H groups in total. The molecule has 1 aromatic rings. The fraction of sp³-hybridized carbons (Fsp3) is 0.647. The molecule has 2 saturated heterocycles. The van der Waals surface area contributed by atoms with Crippen molar-refractivity contribution in [3.05, 3.63) is 34.9 Å². The molecule has 3 atom stereocenters. The third-order valence-electron chi connectivity index (χ3n) is 5.44. The molecule has 0 spiro atoms. The number of benzene rings is 1. The van der Waals surface area contributed by atoms with E-state index in [-0.39, 0.29) is 6.04 Å². The number of aryl methyl sites for hydroxylation is 2. The molecule has 3 unspecified atom stereocenters. The van der Waals surface area contributed by atoms with Crippen molar-refractivity contribution in [1.82, 2.24) is 4.90 Å². The Balaban J connectivity index is 1.81. The topological polar surface area (TPSA) is 29.3 Å². The lowest BCUT2D eigenvalue weighted by Gasteiger charge is -2.39. The van der Waals surface area contributed by atoms with Gasteiger partial charge in [-0.15, -0.1) is 0 Å². The van der Waals surface area contributed by atoms with E-state index in [1.54, 1.807) is 0 Å². The van der Waals surface area contributed by atoms with E-state index in [0.29, 0.717) is 5.92 Å². The van der Waals surface area contributed by atoms with Crippen molar-refractivity contribution in [2.24, 2.45) is 11.7 Å². The molecule has 2 heterocycles. The minimum atomic E-state index is 0.219. The van der Waals surface area contributed by atoms with Crippen molar-refractivity contribution in [3.8, 4) is 0 Å². The second kappa shape index (κ2) is 4.92. The summed E-state index contributed by atoms with van der Waals surface area (Å²) in [5.74, 6) is 0.661. The second-order valence-electron chi connectivity index (χ2n) is 6.67. The molecule has 0 saturated carbocycles. The Morgan fingerprint density at radius 1 is 1.16 bits per heavy atom. The van der Waals surface area contributed by atoms with Crippen molar-refractivity contribution in [2.75, 3.05) is 7.05 Å². The number of nitrogens with zero attached hydrogens (tertiary/aromatic N) is 1. The Bertz CT molecular complexity index is 454. The molecule has 2 fully saturated rings. The van der Waals surface area contributed by atoms with Gasteiger partial charge in [0.05, 0.1) is 0 Å². The van der Waals surface area contributed by atoms with Crippen molar-refractivity contribution in [2.45, 2.75) is 57.7 Å². The van der Waals surface area contributed by atoms with Crippen molar-refractivity contribution in [3.63, 3.8) is 0 Å². The Labute approximate surface area is 117 Å². The van der Waals surface area contributed by atoms with Crippen LogP contribution in [-0.2, 0) is 0 Å². The van der Waals surface area contributed by atoms with Gasteiger partial charge >= 0.3 is 0 Å². The van der Waals surface area contributed by atoms with Crippen molar-refractivity contribution < 1.29 is 0 Å². The highest BCUT2D eigenvalue weighted by atomic mass is 15.2. The van der Waals surface area contributed by atoms with E-state index in [9.17, 15) is 0 Å². The average Bonchev–Trinajstić information content (AvgIpc) is 2.64. The monoisotopic (exact) mass is 258 g/mol. The van der Waals surface area contributed by atoms with Crippen LogP contribution >= 0.6 is 0 Å². The Morgan fingerprint density at radius 2 is 1.79 bits per heavy atom. The van der Waals surface area contributed by atoms with E-state index >= 15 is 0 Å². The summed E-state index contributed by atoms with van der Waals surface area (Å²) in [4.78, 5) is 2.59. The predicted octanol–water partition coefficient (Wildman–Crippen LogP) is 3.18.